The number of carbonyl (C=O) groups is 2. The Labute approximate surface area is 166 Å². The highest BCUT2D eigenvalue weighted by molar-refractivity contribution is 6.00. The number of anilines is 1. The molecule has 2 amide bonds. The summed E-state index contributed by atoms with van der Waals surface area (Å²) >= 11 is 0. The minimum atomic E-state index is -0.313. The first-order chi connectivity index (χ1) is 12.4. The lowest BCUT2D eigenvalue weighted by Gasteiger charge is -2.39. The van der Waals surface area contributed by atoms with Crippen LogP contribution in [-0.4, -0.2) is 62.7 Å². The Kier molecular flexibility index (Phi) is 6.95. The van der Waals surface area contributed by atoms with Crippen molar-refractivity contribution in [2.24, 2.45) is 5.92 Å². The van der Waals surface area contributed by atoms with E-state index in [0.717, 1.165) is 6.54 Å². The van der Waals surface area contributed by atoms with Gasteiger partial charge < -0.3 is 24.6 Å². The van der Waals surface area contributed by atoms with E-state index < -0.39 is 0 Å². The molecule has 7 nitrogen and oxygen atoms in total. The second-order valence-corrected chi connectivity index (χ2v) is 6.99. The maximum Gasteiger partial charge on any atom is 0.228 e. The molecule has 2 aliphatic heterocycles. The standard InChI is InChI=1S/C19H27N3O4.ClH/c1-12-13(2)21(6-5-20-12)19(24)14-7-18(23)22(11-14)15-8-16(25-3)10-17(9-15)26-4;/h8-10,12-14,20H,5-7,11H2,1-4H3;1H. The third-order valence-corrected chi connectivity index (χ3v) is 5.44. The fraction of sp³-hybridized carbons (Fsp3) is 0.579. The highest BCUT2D eigenvalue weighted by Crippen LogP contribution is 2.33. The summed E-state index contributed by atoms with van der Waals surface area (Å²) in [6, 6.07) is 5.73. The van der Waals surface area contributed by atoms with Crippen LogP contribution in [0, 0.1) is 5.92 Å². The summed E-state index contributed by atoms with van der Waals surface area (Å²) in [7, 11) is 3.15. The van der Waals surface area contributed by atoms with Crippen molar-refractivity contribution in [1.82, 2.24) is 10.2 Å². The molecule has 3 atom stereocenters. The molecule has 2 heterocycles. The maximum atomic E-state index is 13.0. The number of nitrogens with one attached hydrogen (secondary N) is 1. The van der Waals surface area contributed by atoms with E-state index in [4.69, 9.17) is 9.47 Å². The molecule has 150 valence electrons. The van der Waals surface area contributed by atoms with Gasteiger partial charge in [-0.1, -0.05) is 0 Å². The zero-order valence-electron chi connectivity index (χ0n) is 16.2. The third-order valence-electron chi connectivity index (χ3n) is 5.44. The highest BCUT2D eigenvalue weighted by Gasteiger charge is 2.40. The predicted octanol–water partition coefficient (Wildman–Crippen LogP) is 1.69. The monoisotopic (exact) mass is 397 g/mol. The van der Waals surface area contributed by atoms with E-state index >= 15 is 0 Å². The summed E-state index contributed by atoms with van der Waals surface area (Å²) in [6.45, 7) is 5.99. The number of halogens is 1. The smallest absolute Gasteiger partial charge is 0.228 e. The van der Waals surface area contributed by atoms with Gasteiger partial charge in [0.2, 0.25) is 11.8 Å². The number of benzene rings is 1. The predicted molar refractivity (Wildman–Crippen MR) is 106 cm³/mol. The van der Waals surface area contributed by atoms with Crippen molar-refractivity contribution < 1.29 is 19.1 Å². The van der Waals surface area contributed by atoms with Crippen LogP contribution < -0.4 is 19.7 Å². The van der Waals surface area contributed by atoms with Crippen molar-refractivity contribution in [3.05, 3.63) is 18.2 Å². The first kappa shape index (κ1) is 21.3. The van der Waals surface area contributed by atoms with Gasteiger partial charge in [-0.3, -0.25) is 9.59 Å². The third kappa shape index (κ3) is 4.30. The number of carbonyl (C=O) groups excluding carboxylic acids is 2. The number of ether oxygens (including phenoxy) is 2. The largest absolute Gasteiger partial charge is 0.497 e. The van der Waals surface area contributed by atoms with Crippen LogP contribution in [-0.2, 0) is 9.59 Å². The molecule has 0 bridgehead atoms. The number of hydrogen-bond donors (Lipinski definition) is 1. The molecule has 1 aromatic carbocycles. The van der Waals surface area contributed by atoms with Crippen LogP contribution in [0.5, 0.6) is 11.5 Å². The molecule has 2 fully saturated rings. The van der Waals surface area contributed by atoms with Crippen LogP contribution in [0.3, 0.4) is 0 Å². The lowest BCUT2D eigenvalue weighted by molar-refractivity contribution is -0.139. The lowest BCUT2D eigenvalue weighted by Crippen LogP contribution is -2.58. The number of rotatable bonds is 4. The first-order valence-corrected chi connectivity index (χ1v) is 9.02. The summed E-state index contributed by atoms with van der Waals surface area (Å²) < 4.78 is 10.6. The summed E-state index contributed by atoms with van der Waals surface area (Å²) in [5, 5.41) is 3.38. The van der Waals surface area contributed by atoms with Gasteiger partial charge in [-0.05, 0) is 13.8 Å². The van der Waals surface area contributed by atoms with Crippen LogP contribution in [0.1, 0.15) is 20.3 Å². The minimum Gasteiger partial charge on any atom is -0.497 e. The van der Waals surface area contributed by atoms with Crippen molar-refractivity contribution in [3.63, 3.8) is 0 Å². The van der Waals surface area contributed by atoms with Gasteiger partial charge >= 0.3 is 0 Å². The number of methoxy groups -OCH3 is 2. The van der Waals surface area contributed by atoms with Crippen LogP contribution in [0.25, 0.3) is 0 Å². The van der Waals surface area contributed by atoms with E-state index in [2.05, 4.69) is 19.2 Å². The van der Waals surface area contributed by atoms with Gasteiger partial charge in [0, 0.05) is 56.3 Å². The summed E-state index contributed by atoms with van der Waals surface area (Å²) in [5.41, 5.74) is 0.697. The molecule has 1 aromatic rings. The fourth-order valence-electron chi connectivity index (χ4n) is 3.67. The van der Waals surface area contributed by atoms with Crippen LogP contribution in [0.4, 0.5) is 5.69 Å². The molecule has 3 unspecified atom stereocenters. The highest BCUT2D eigenvalue weighted by atomic mass is 35.5. The first-order valence-electron chi connectivity index (χ1n) is 9.02. The van der Waals surface area contributed by atoms with Gasteiger partial charge in [0.05, 0.1) is 25.8 Å². The molecule has 0 spiro atoms. The van der Waals surface area contributed by atoms with E-state index in [1.54, 1.807) is 37.3 Å². The quantitative estimate of drug-likeness (QED) is 0.837. The SMILES string of the molecule is COc1cc(OC)cc(N2CC(C(=O)N3CCNC(C)C3C)CC2=O)c1.Cl. The maximum absolute atomic E-state index is 13.0. The van der Waals surface area contributed by atoms with E-state index in [9.17, 15) is 9.59 Å². The Morgan fingerprint density at radius 2 is 1.78 bits per heavy atom. The van der Waals surface area contributed by atoms with Gasteiger partial charge in [0.1, 0.15) is 11.5 Å². The Bertz CT molecular complexity index is 677. The van der Waals surface area contributed by atoms with Crippen molar-refractivity contribution >= 4 is 29.9 Å². The summed E-state index contributed by atoms with van der Waals surface area (Å²) in [6.07, 6.45) is 0.239. The van der Waals surface area contributed by atoms with E-state index in [1.807, 2.05) is 4.90 Å². The molecule has 0 radical (unpaired) electrons. The van der Waals surface area contributed by atoms with Gasteiger partial charge in [-0.25, -0.2) is 0 Å². The van der Waals surface area contributed by atoms with Gasteiger partial charge in [0.15, 0.2) is 0 Å². The Morgan fingerprint density at radius 3 is 2.37 bits per heavy atom. The second-order valence-electron chi connectivity index (χ2n) is 6.99. The molecular formula is C19H28ClN3O4. The Balaban J connectivity index is 0.00000261. The number of nitrogens with zero attached hydrogens (tertiary/aromatic N) is 2. The zero-order chi connectivity index (χ0) is 18.8. The zero-order valence-corrected chi connectivity index (χ0v) is 17.0. The Hall–Kier alpha value is -1.99. The van der Waals surface area contributed by atoms with E-state index in [-0.39, 0.29) is 48.6 Å². The van der Waals surface area contributed by atoms with Crippen LogP contribution in [0.2, 0.25) is 0 Å². The molecule has 8 heteroatoms. The van der Waals surface area contributed by atoms with Crippen LogP contribution in [0.15, 0.2) is 18.2 Å². The van der Waals surface area contributed by atoms with E-state index in [1.165, 1.54) is 0 Å². The molecule has 2 saturated heterocycles. The molecule has 0 aliphatic carbocycles. The van der Waals surface area contributed by atoms with Crippen molar-refractivity contribution in [2.75, 3.05) is 38.8 Å². The molecule has 27 heavy (non-hydrogen) atoms. The van der Waals surface area contributed by atoms with Crippen molar-refractivity contribution in [3.8, 4) is 11.5 Å². The lowest BCUT2D eigenvalue weighted by atomic mass is 10.0. The van der Waals surface area contributed by atoms with Crippen molar-refractivity contribution in [2.45, 2.75) is 32.4 Å². The topological polar surface area (TPSA) is 71.1 Å². The Morgan fingerprint density at radius 1 is 1.15 bits per heavy atom. The van der Waals surface area contributed by atoms with Gasteiger partial charge in [-0.2, -0.15) is 0 Å². The average molecular weight is 398 g/mol. The molecule has 0 saturated carbocycles. The summed E-state index contributed by atoms with van der Waals surface area (Å²) in [4.78, 5) is 29.1. The van der Waals surface area contributed by atoms with Gasteiger partial charge in [0.25, 0.3) is 0 Å². The molecule has 2 aliphatic rings. The average Bonchev–Trinajstić information content (AvgIpc) is 3.04. The normalized spacial score (nSPS) is 25.2. The van der Waals surface area contributed by atoms with Gasteiger partial charge in [-0.15, -0.1) is 12.4 Å². The molecular weight excluding hydrogens is 370 g/mol. The van der Waals surface area contributed by atoms with E-state index in [0.29, 0.717) is 30.3 Å². The molecule has 0 aromatic heterocycles. The van der Waals surface area contributed by atoms with Crippen LogP contribution >= 0.6 is 12.4 Å². The molecule has 3 rings (SSSR count). The second kappa shape index (κ2) is 8.80. The summed E-state index contributed by atoms with van der Waals surface area (Å²) in [5.74, 6) is 0.941. The fourth-order valence-corrected chi connectivity index (χ4v) is 3.67. The molecule has 1 N–H and O–H groups in total. The minimum absolute atomic E-state index is 0. The number of piperazine rings is 1. The number of hydrogen-bond acceptors (Lipinski definition) is 5. The number of amides is 2. The van der Waals surface area contributed by atoms with Crippen molar-refractivity contribution in [1.29, 1.82) is 0 Å².